The van der Waals surface area contributed by atoms with Crippen LogP contribution in [0.3, 0.4) is 0 Å². The van der Waals surface area contributed by atoms with E-state index in [2.05, 4.69) is 10.4 Å². The van der Waals surface area contributed by atoms with Crippen molar-refractivity contribution in [3.63, 3.8) is 0 Å². The Morgan fingerprint density at radius 3 is 2.73 bits per heavy atom. The minimum atomic E-state index is -0.976. The van der Waals surface area contributed by atoms with Crippen LogP contribution in [0, 0.1) is 17.7 Å². The van der Waals surface area contributed by atoms with Crippen molar-refractivity contribution in [3.05, 3.63) is 59.1 Å². The van der Waals surface area contributed by atoms with Crippen molar-refractivity contribution in [2.75, 3.05) is 5.32 Å². The molecule has 3 rings (SSSR count). The smallest absolute Gasteiger partial charge is 0.307 e. The molecule has 1 aliphatic rings. The number of amides is 1. The van der Waals surface area contributed by atoms with Crippen LogP contribution in [0.1, 0.15) is 18.4 Å². The highest BCUT2D eigenvalue weighted by Crippen LogP contribution is 2.27. The van der Waals surface area contributed by atoms with Crippen molar-refractivity contribution >= 4 is 29.2 Å². The molecule has 1 aromatic heterocycles. The van der Waals surface area contributed by atoms with Crippen LogP contribution in [0.4, 0.5) is 10.1 Å². The van der Waals surface area contributed by atoms with Gasteiger partial charge in [0.15, 0.2) is 0 Å². The first kappa shape index (κ1) is 18.1. The molecule has 0 aliphatic heterocycles. The van der Waals surface area contributed by atoms with E-state index >= 15 is 0 Å². The summed E-state index contributed by atoms with van der Waals surface area (Å²) in [5.74, 6) is -3.08. The fraction of sp³-hybridized carbons (Fsp3) is 0.278. The lowest BCUT2D eigenvalue weighted by Crippen LogP contribution is -2.34. The van der Waals surface area contributed by atoms with Gasteiger partial charge in [-0.15, -0.1) is 0 Å². The van der Waals surface area contributed by atoms with Crippen molar-refractivity contribution in [3.8, 4) is 0 Å². The van der Waals surface area contributed by atoms with Gasteiger partial charge in [0.05, 0.1) is 30.3 Å². The van der Waals surface area contributed by atoms with Gasteiger partial charge in [-0.2, -0.15) is 5.10 Å². The average Bonchev–Trinajstić information content (AvgIpc) is 3.04. The molecule has 0 unspecified atom stereocenters. The fourth-order valence-corrected chi connectivity index (χ4v) is 3.18. The summed E-state index contributed by atoms with van der Waals surface area (Å²) in [4.78, 5) is 23.7. The first-order chi connectivity index (χ1) is 12.4. The van der Waals surface area contributed by atoms with Gasteiger partial charge in [-0.05, 0) is 30.5 Å². The van der Waals surface area contributed by atoms with E-state index in [1.54, 1.807) is 23.0 Å². The normalized spacial score (nSPS) is 19.3. The van der Waals surface area contributed by atoms with E-state index in [9.17, 15) is 19.1 Å². The molecule has 6 nitrogen and oxygen atoms in total. The van der Waals surface area contributed by atoms with Gasteiger partial charge in [0.2, 0.25) is 5.91 Å². The summed E-state index contributed by atoms with van der Waals surface area (Å²) in [6.07, 6.45) is 7.43. The molecule has 2 atom stereocenters. The summed E-state index contributed by atoms with van der Waals surface area (Å²) >= 11 is 6.00. The SMILES string of the molecule is O=C(Nc1cnn(Cc2ccc(F)cc2Cl)c1)[C@H]1CC=CC[C@H]1C(=O)O. The van der Waals surface area contributed by atoms with Crippen molar-refractivity contribution in [2.45, 2.75) is 19.4 Å². The molecule has 8 heteroatoms. The first-order valence-corrected chi connectivity index (χ1v) is 8.47. The molecule has 0 bridgehead atoms. The van der Waals surface area contributed by atoms with Crippen LogP contribution in [0.5, 0.6) is 0 Å². The molecular weight excluding hydrogens is 361 g/mol. The molecule has 1 heterocycles. The highest BCUT2D eigenvalue weighted by atomic mass is 35.5. The number of carboxylic acids is 1. The number of allylic oxidation sites excluding steroid dienone is 2. The van der Waals surface area contributed by atoms with Gasteiger partial charge in [-0.25, -0.2) is 4.39 Å². The molecule has 0 fully saturated rings. The van der Waals surface area contributed by atoms with Crippen LogP contribution >= 0.6 is 11.6 Å². The number of benzene rings is 1. The molecule has 2 N–H and O–H groups in total. The molecule has 1 amide bonds. The van der Waals surface area contributed by atoms with Crippen LogP contribution in [-0.2, 0) is 16.1 Å². The summed E-state index contributed by atoms with van der Waals surface area (Å²) in [5, 5.41) is 16.4. The fourth-order valence-electron chi connectivity index (χ4n) is 2.95. The zero-order valence-electron chi connectivity index (χ0n) is 13.7. The number of anilines is 1. The van der Waals surface area contributed by atoms with Crippen LogP contribution in [-0.4, -0.2) is 26.8 Å². The average molecular weight is 378 g/mol. The van der Waals surface area contributed by atoms with Gasteiger partial charge in [-0.3, -0.25) is 14.3 Å². The van der Waals surface area contributed by atoms with Crippen molar-refractivity contribution in [1.29, 1.82) is 0 Å². The number of hydrogen-bond acceptors (Lipinski definition) is 3. The lowest BCUT2D eigenvalue weighted by molar-refractivity contribution is -0.146. The van der Waals surface area contributed by atoms with E-state index in [1.165, 1.54) is 18.3 Å². The number of aliphatic carboxylic acids is 1. The van der Waals surface area contributed by atoms with E-state index < -0.39 is 23.6 Å². The van der Waals surface area contributed by atoms with Crippen LogP contribution in [0.2, 0.25) is 5.02 Å². The number of hydrogen-bond donors (Lipinski definition) is 2. The molecule has 136 valence electrons. The number of halogens is 2. The minimum Gasteiger partial charge on any atom is -0.481 e. The maximum absolute atomic E-state index is 13.1. The lowest BCUT2D eigenvalue weighted by Gasteiger charge is -2.23. The predicted octanol–water partition coefficient (Wildman–Crippen LogP) is 3.33. The summed E-state index contributed by atoms with van der Waals surface area (Å²) in [7, 11) is 0. The number of aromatic nitrogens is 2. The number of rotatable bonds is 5. The van der Waals surface area contributed by atoms with Crippen molar-refractivity contribution < 1.29 is 19.1 Å². The molecular formula is C18H17ClFN3O3. The van der Waals surface area contributed by atoms with E-state index in [-0.39, 0.29) is 5.91 Å². The number of carboxylic acid groups (broad SMARTS) is 1. The van der Waals surface area contributed by atoms with Gasteiger partial charge in [0.1, 0.15) is 5.82 Å². The number of carbonyl (C=O) groups is 2. The summed E-state index contributed by atoms with van der Waals surface area (Å²) in [6, 6.07) is 4.12. The molecule has 1 aromatic carbocycles. The highest BCUT2D eigenvalue weighted by molar-refractivity contribution is 6.31. The van der Waals surface area contributed by atoms with E-state index in [4.69, 9.17) is 11.6 Å². The van der Waals surface area contributed by atoms with Gasteiger partial charge < -0.3 is 10.4 Å². The first-order valence-electron chi connectivity index (χ1n) is 8.09. The number of carbonyl (C=O) groups excluding carboxylic acids is 1. The minimum absolute atomic E-state index is 0.296. The van der Waals surface area contributed by atoms with Crippen molar-refractivity contribution in [2.24, 2.45) is 11.8 Å². The summed E-state index contributed by atoms with van der Waals surface area (Å²) in [5.41, 5.74) is 1.16. The van der Waals surface area contributed by atoms with Gasteiger partial charge in [-0.1, -0.05) is 29.8 Å². The number of nitrogens with zero attached hydrogens (tertiary/aromatic N) is 2. The zero-order chi connectivity index (χ0) is 18.7. The van der Waals surface area contributed by atoms with Crippen LogP contribution in [0.25, 0.3) is 0 Å². The third-order valence-corrected chi connectivity index (χ3v) is 4.69. The third-order valence-electron chi connectivity index (χ3n) is 4.33. The van der Waals surface area contributed by atoms with E-state index in [0.29, 0.717) is 35.7 Å². The molecule has 0 saturated carbocycles. The van der Waals surface area contributed by atoms with Crippen LogP contribution in [0.15, 0.2) is 42.7 Å². The maximum atomic E-state index is 13.1. The van der Waals surface area contributed by atoms with E-state index in [0.717, 1.165) is 0 Å². The largest absolute Gasteiger partial charge is 0.481 e. The summed E-state index contributed by atoms with van der Waals surface area (Å²) < 4.78 is 14.7. The van der Waals surface area contributed by atoms with E-state index in [1.807, 2.05) is 6.08 Å². The Morgan fingerprint density at radius 2 is 2.04 bits per heavy atom. The lowest BCUT2D eigenvalue weighted by atomic mass is 9.82. The Kier molecular flexibility index (Phi) is 5.37. The molecule has 0 saturated heterocycles. The third kappa shape index (κ3) is 4.11. The molecule has 2 aromatic rings. The predicted molar refractivity (Wildman–Crippen MR) is 94.4 cm³/mol. The molecule has 26 heavy (non-hydrogen) atoms. The Morgan fingerprint density at radius 1 is 1.31 bits per heavy atom. The second-order valence-corrected chi connectivity index (χ2v) is 6.55. The standard InChI is InChI=1S/C18H17ClFN3O3/c19-16-7-12(20)6-5-11(16)9-23-10-13(8-21-23)22-17(24)14-3-1-2-4-15(14)18(25)26/h1-2,5-8,10,14-15H,3-4,9H2,(H,22,24)(H,25,26)/t14-,15+/m0/s1. The summed E-state index contributed by atoms with van der Waals surface area (Å²) in [6.45, 7) is 0.318. The molecule has 0 radical (unpaired) electrons. The maximum Gasteiger partial charge on any atom is 0.307 e. The highest BCUT2D eigenvalue weighted by Gasteiger charge is 2.34. The Balaban J connectivity index is 1.67. The monoisotopic (exact) mass is 377 g/mol. The quantitative estimate of drug-likeness (QED) is 0.783. The second-order valence-electron chi connectivity index (χ2n) is 6.15. The Bertz CT molecular complexity index is 865. The van der Waals surface area contributed by atoms with Gasteiger partial charge in [0, 0.05) is 11.2 Å². The zero-order valence-corrected chi connectivity index (χ0v) is 14.5. The van der Waals surface area contributed by atoms with Crippen LogP contribution < -0.4 is 5.32 Å². The Hall–Kier alpha value is -2.67. The van der Waals surface area contributed by atoms with Gasteiger partial charge in [0.25, 0.3) is 0 Å². The van der Waals surface area contributed by atoms with Gasteiger partial charge >= 0.3 is 5.97 Å². The molecule has 0 spiro atoms. The second kappa shape index (κ2) is 7.70. The Labute approximate surface area is 154 Å². The molecule has 1 aliphatic carbocycles. The number of nitrogens with one attached hydrogen (secondary N) is 1. The van der Waals surface area contributed by atoms with Crippen molar-refractivity contribution in [1.82, 2.24) is 9.78 Å². The topological polar surface area (TPSA) is 84.2 Å².